The van der Waals surface area contributed by atoms with Gasteiger partial charge in [-0.05, 0) is 25.1 Å². The van der Waals surface area contributed by atoms with Gasteiger partial charge in [0, 0.05) is 10.4 Å². The first kappa shape index (κ1) is 17.7. The summed E-state index contributed by atoms with van der Waals surface area (Å²) in [4.78, 5) is 24.7. The molecule has 5 nitrogen and oxygen atoms in total. The van der Waals surface area contributed by atoms with Crippen LogP contribution in [0.4, 0.5) is 0 Å². The Kier molecular flexibility index (Phi) is 4.99. The molecular weight excluding hydrogens is 387 g/mol. The van der Waals surface area contributed by atoms with Gasteiger partial charge >= 0.3 is 5.97 Å². The van der Waals surface area contributed by atoms with E-state index in [0.29, 0.717) is 16.1 Å². The van der Waals surface area contributed by atoms with Crippen molar-refractivity contribution in [1.29, 1.82) is 0 Å². The third-order valence-corrected chi connectivity index (χ3v) is 4.29. The maximum atomic E-state index is 12.5. The minimum Gasteiger partial charge on any atom is -0.422 e. The highest BCUT2D eigenvalue weighted by Crippen LogP contribution is 2.35. The van der Waals surface area contributed by atoms with Crippen molar-refractivity contribution in [2.75, 3.05) is 0 Å². The standard InChI is InChI=1S/C17H11Cl3N2O3/c1-9-11-4-2-3-5-12(11)17(24)22(21-9)8-15(23)25-16-13(19)6-10(18)7-14(16)20/h2-7H,8H2,1H3. The smallest absolute Gasteiger partial charge is 0.333 e. The first-order chi connectivity index (χ1) is 11.9. The Bertz CT molecular complexity index is 1020. The molecule has 0 atom stereocenters. The average Bonchev–Trinajstić information content (AvgIpc) is 2.56. The molecule has 1 aromatic heterocycles. The number of esters is 1. The third kappa shape index (κ3) is 3.63. The summed E-state index contributed by atoms with van der Waals surface area (Å²) in [6, 6.07) is 9.86. The van der Waals surface area contributed by atoms with Gasteiger partial charge in [-0.3, -0.25) is 4.79 Å². The molecule has 0 aliphatic heterocycles. The second-order valence-corrected chi connectivity index (χ2v) is 6.52. The van der Waals surface area contributed by atoms with Crippen molar-refractivity contribution < 1.29 is 9.53 Å². The van der Waals surface area contributed by atoms with E-state index in [2.05, 4.69) is 5.10 Å². The number of rotatable bonds is 3. The molecule has 0 unspecified atom stereocenters. The van der Waals surface area contributed by atoms with E-state index in [-0.39, 0.29) is 27.9 Å². The van der Waals surface area contributed by atoms with Gasteiger partial charge in [0.1, 0.15) is 6.54 Å². The number of carbonyl (C=O) groups excluding carboxylic acids is 1. The lowest BCUT2D eigenvalue weighted by molar-refractivity contribution is -0.135. The van der Waals surface area contributed by atoms with Gasteiger partial charge < -0.3 is 4.74 Å². The lowest BCUT2D eigenvalue weighted by Gasteiger charge is -2.10. The van der Waals surface area contributed by atoms with Crippen molar-refractivity contribution in [3.63, 3.8) is 0 Å². The molecule has 0 bridgehead atoms. The van der Waals surface area contributed by atoms with Crippen LogP contribution in [0, 0.1) is 6.92 Å². The minimum atomic E-state index is -0.726. The predicted molar refractivity (Wildman–Crippen MR) is 97.8 cm³/mol. The van der Waals surface area contributed by atoms with Gasteiger partial charge in [-0.2, -0.15) is 5.10 Å². The number of hydrogen-bond acceptors (Lipinski definition) is 4. The molecule has 2 aromatic carbocycles. The molecule has 0 saturated carbocycles. The Morgan fingerprint density at radius 2 is 1.72 bits per heavy atom. The number of halogens is 3. The van der Waals surface area contributed by atoms with Crippen LogP contribution in [0.2, 0.25) is 15.1 Å². The number of ether oxygens (including phenoxy) is 1. The zero-order valence-electron chi connectivity index (χ0n) is 12.9. The number of benzene rings is 2. The Balaban J connectivity index is 1.91. The Labute approximate surface area is 157 Å². The molecular formula is C17H11Cl3N2O3. The van der Waals surface area contributed by atoms with Crippen LogP contribution in [0.5, 0.6) is 5.75 Å². The molecule has 0 N–H and O–H groups in total. The van der Waals surface area contributed by atoms with Crippen LogP contribution >= 0.6 is 34.8 Å². The molecule has 0 aliphatic carbocycles. The molecule has 3 aromatic rings. The molecule has 0 fully saturated rings. The molecule has 0 amide bonds. The van der Waals surface area contributed by atoms with E-state index in [1.165, 1.54) is 12.1 Å². The Hall–Kier alpha value is -2.08. The summed E-state index contributed by atoms with van der Waals surface area (Å²) in [6.07, 6.45) is 0. The van der Waals surface area contributed by atoms with E-state index in [4.69, 9.17) is 39.5 Å². The van der Waals surface area contributed by atoms with E-state index in [1.54, 1.807) is 25.1 Å². The van der Waals surface area contributed by atoms with Gasteiger partial charge in [0.15, 0.2) is 5.75 Å². The summed E-state index contributed by atoms with van der Waals surface area (Å²) >= 11 is 17.8. The molecule has 8 heteroatoms. The first-order valence-electron chi connectivity index (χ1n) is 7.18. The lowest BCUT2D eigenvalue weighted by atomic mass is 10.1. The largest absolute Gasteiger partial charge is 0.422 e. The van der Waals surface area contributed by atoms with Crippen molar-refractivity contribution in [3.8, 4) is 5.75 Å². The first-order valence-corrected chi connectivity index (χ1v) is 8.32. The molecule has 3 rings (SSSR count). The summed E-state index contributed by atoms with van der Waals surface area (Å²) in [5.74, 6) is -0.737. The van der Waals surface area contributed by atoms with Gasteiger partial charge in [-0.15, -0.1) is 0 Å². The van der Waals surface area contributed by atoms with Gasteiger partial charge in [0.05, 0.1) is 21.1 Å². The molecule has 0 aliphatic rings. The van der Waals surface area contributed by atoms with Crippen molar-refractivity contribution in [2.24, 2.45) is 0 Å². The zero-order valence-corrected chi connectivity index (χ0v) is 15.2. The number of nitrogens with zero attached hydrogens (tertiary/aromatic N) is 2. The van der Waals surface area contributed by atoms with Gasteiger partial charge in [-0.1, -0.05) is 53.0 Å². The van der Waals surface area contributed by atoms with E-state index >= 15 is 0 Å². The highest BCUT2D eigenvalue weighted by Gasteiger charge is 2.16. The number of carbonyl (C=O) groups is 1. The van der Waals surface area contributed by atoms with Crippen molar-refractivity contribution >= 4 is 51.5 Å². The number of hydrogen-bond donors (Lipinski definition) is 0. The second-order valence-electron chi connectivity index (χ2n) is 5.27. The summed E-state index contributed by atoms with van der Waals surface area (Å²) in [5, 5.41) is 5.89. The van der Waals surface area contributed by atoms with Crippen molar-refractivity contribution in [2.45, 2.75) is 13.5 Å². The fourth-order valence-corrected chi connectivity index (χ4v) is 3.30. The van der Waals surface area contributed by atoms with Crippen LogP contribution in [0.25, 0.3) is 10.8 Å². The van der Waals surface area contributed by atoms with Crippen LogP contribution in [0.15, 0.2) is 41.2 Å². The quantitative estimate of drug-likeness (QED) is 0.489. The van der Waals surface area contributed by atoms with Crippen LogP contribution < -0.4 is 10.3 Å². The van der Waals surface area contributed by atoms with Gasteiger partial charge in [0.2, 0.25) is 0 Å². The summed E-state index contributed by atoms with van der Waals surface area (Å²) in [7, 11) is 0. The van der Waals surface area contributed by atoms with Crippen LogP contribution in [0.3, 0.4) is 0 Å². The fraction of sp³-hybridized carbons (Fsp3) is 0.118. The maximum Gasteiger partial charge on any atom is 0.333 e. The Morgan fingerprint density at radius 3 is 2.36 bits per heavy atom. The third-order valence-electron chi connectivity index (χ3n) is 3.51. The van der Waals surface area contributed by atoms with E-state index in [0.717, 1.165) is 10.1 Å². The zero-order chi connectivity index (χ0) is 18.1. The van der Waals surface area contributed by atoms with Crippen LogP contribution in [-0.4, -0.2) is 15.7 Å². The minimum absolute atomic E-state index is 0.0108. The molecule has 25 heavy (non-hydrogen) atoms. The maximum absolute atomic E-state index is 12.5. The van der Waals surface area contributed by atoms with Gasteiger partial charge in [0.25, 0.3) is 5.56 Å². The second kappa shape index (κ2) is 7.04. The summed E-state index contributed by atoms with van der Waals surface area (Å²) in [5.41, 5.74) is 0.247. The molecule has 1 heterocycles. The molecule has 0 spiro atoms. The number of aromatic nitrogens is 2. The topological polar surface area (TPSA) is 61.2 Å². The monoisotopic (exact) mass is 396 g/mol. The van der Waals surface area contributed by atoms with E-state index in [9.17, 15) is 9.59 Å². The summed E-state index contributed by atoms with van der Waals surface area (Å²) < 4.78 is 6.23. The van der Waals surface area contributed by atoms with Crippen molar-refractivity contribution in [3.05, 3.63) is 67.5 Å². The SMILES string of the molecule is Cc1nn(CC(=O)Oc2c(Cl)cc(Cl)cc2Cl)c(=O)c2ccccc12. The predicted octanol–water partition coefficient (Wildman–Crippen LogP) is 4.27. The van der Waals surface area contributed by atoms with Gasteiger partial charge in [-0.25, -0.2) is 9.48 Å². The average molecular weight is 398 g/mol. The highest BCUT2D eigenvalue weighted by molar-refractivity contribution is 6.40. The van der Waals surface area contributed by atoms with E-state index < -0.39 is 5.97 Å². The lowest BCUT2D eigenvalue weighted by Crippen LogP contribution is -2.29. The molecule has 0 radical (unpaired) electrons. The molecule has 0 saturated heterocycles. The molecule has 128 valence electrons. The normalized spacial score (nSPS) is 10.9. The van der Waals surface area contributed by atoms with Crippen molar-refractivity contribution in [1.82, 2.24) is 9.78 Å². The fourth-order valence-electron chi connectivity index (χ4n) is 2.41. The Morgan fingerprint density at radius 1 is 1.12 bits per heavy atom. The number of fused-ring (bicyclic) bond motifs is 1. The highest BCUT2D eigenvalue weighted by atomic mass is 35.5. The summed E-state index contributed by atoms with van der Waals surface area (Å²) in [6.45, 7) is 1.39. The van der Waals surface area contributed by atoms with E-state index in [1.807, 2.05) is 6.07 Å². The van der Waals surface area contributed by atoms with Crippen LogP contribution in [0.1, 0.15) is 5.69 Å². The van der Waals surface area contributed by atoms with Crippen LogP contribution in [-0.2, 0) is 11.3 Å². The number of aryl methyl sites for hydroxylation is 1.